The van der Waals surface area contributed by atoms with Crippen LogP contribution in [0.5, 0.6) is 0 Å². The van der Waals surface area contributed by atoms with E-state index < -0.39 is 34.4 Å². The Morgan fingerprint density at radius 1 is 1.42 bits per heavy atom. The second kappa shape index (κ2) is 7.91. The molecule has 0 saturated carbocycles. The molecule has 10 heteroatoms. The van der Waals surface area contributed by atoms with Crippen LogP contribution in [0.4, 0.5) is 5.69 Å². The number of hydrogen-bond donors (Lipinski definition) is 1. The zero-order valence-electron chi connectivity index (χ0n) is 13.1. The molecular weight excluding hydrogens is 358 g/mol. The number of anilines is 1. The molecule has 0 unspecified atom stereocenters. The van der Waals surface area contributed by atoms with Gasteiger partial charge in [-0.25, -0.2) is 17.7 Å². The van der Waals surface area contributed by atoms with Gasteiger partial charge in [0.25, 0.3) is 5.91 Å². The molecule has 1 aliphatic heterocycles. The summed E-state index contributed by atoms with van der Waals surface area (Å²) in [5, 5.41) is 2.64. The maximum Gasteiger partial charge on any atom is 0.309 e. The predicted molar refractivity (Wildman–Crippen MR) is 88.0 cm³/mol. The van der Waals surface area contributed by atoms with Gasteiger partial charge in [0.2, 0.25) is 10.0 Å². The maximum atomic E-state index is 12.0. The minimum Gasteiger partial charge on any atom is -0.455 e. The maximum absolute atomic E-state index is 12.0. The monoisotopic (exact) mass is 375 g/mol. The molecule has 1 saturated heterocycles. The summed E-state index contributed by atoms with van der Waals surface area (Å²) in [6.07, 6.45) is 3.38. The number of halogens is 1. The highest BCUT2D eigenvalue weighted by Crippen LogP contribution is 2.21. The van der Waals surface area contributed by atoms with Gasteiger partial charge in [0.1, 0.15) is 0 Å². The van der Waals surface area contributed by atoms with Crippen LogP contribution in [0.2, 0.25) is 5.15 Å². The van der Waals surface area contributed by atoms with Gasteiger partial charge >= 0.3 is 5.97 Å². The average Bonchev–Trinajstić information content (AvgIpc) is 2.54. The number of nitrogens with zero attached hydrogens (tertiary/aromatic N) is 2. The van der Waals surface area contributed by atoms with Crippen LogP contribution in [-0.2, 0) is 24.3 Å². The Kier molecular flexibility index (Phi) is 6.14. The molecule has 1 N–H and O–H groups in total. The molecule has 132 valence electrons. The fourth-order valence-electron chi connectivity index (χ4n) is 2.34. The molecule has 0 bridgehead atoms. The van der Waals surface area contributed by atoms with Crippen molar-refractivity contribution in [3.8, 4) is 0 Å². The van der Waals surface area contributed by atoms with Crippen LogP contribution in [0.1, 0.15) is 12.8 Å². The van der Waals surface area contributed by atoms with E-state index in [-0.39, 0.29) is 18.2 Å². The van der Waals surface area contributed by atoms with Crippen LogP contribution in [0.15, 0.2) is 18.3 Å². The van der Waals surface area contributed by atoms with Crippen molar-refractivity contribution >= 4 is 39.2 Å². The number of amides is 1. The molecule has 1 aromatic heterocycles. The lowest BCUT2D eigenvalue weighted by Crippen LogP contribution is -2.40. The molecule has 2 heterocycles. The topological polar surface area (TPSA) is 106 Å². The fraction of sp³-hybridized carbons (Fsp3) is 0.500. The van der Waals surface area contributed by atoms with Gasteiger partial charge in [-0.05, 0) is 25.0 Å². The van der Waals surface area contributed by atoms with E-state index in [0.717, 1.165) is 6.26 Å². The van der Waals surface area contributed by atoms with Crippen molar-refractivity contribution in [1.29, 1.82) is 0 Å². The summed E-state index contributed by atoms with van der Waals surface area (Å²) in [4.78, 5) is 27.6. The van der Waals surface area contributed by atoms with E-state index in [1.54, 1.807) is 12.1 Å². The van der Waals surface area contributed by atoms with E-state index in [1.165, 1.54) is 10.5 Å². The van der Waals surface area contributed by atoms with Crippen molar-refractivity contribution in [2.45, 2.75) is 12.8 Å². The van der Waals surface area contributed by atoms with E-state index in [9.17, 15) is 18.0 Å². The first-order valence-electron chi connectivity index (χ1n) is 7.29. The van der Waals surface area contributed by atoms with E-state index >= 15 is 0 Å². The summed E-state index contributed by atoms with van der Waals surface area (Å²) in [5.41, 5.74) is 0.335. The molecule has 2 rings (SSSR count). The number of esters is 1. The highest BCUT2D eigenvalue weighted by atomic mass is 35.5. The summed E-state index contributed by atoms with van der Waals surface area (Å²) in [6.45, 7) is 0.114. The molecule has 8 nitrogen and oxygen atoms in total. The third-order valence-corrected chi connectivity index (χ3v) is 5.24. The minimum atomic E-state index is -3.24. The summed E-state index contributed by atoms with van der Waals surface area (Å²) in [7, 11) is -3.24. The lowest BCUT2D eigenvalue weighted by Gasteiger charge is -2.28. The van der Waals surface area contributed by atoms with Crippen LogP contribution in [-0.4, -0.2) is 55.5 Å². The molecule has 0 aliphatic carbocycles. The van der Waals surface area contributed by atoms with Gasteiger partial charge in [0.05, 0.1) is 17.9 Å². The number of piperidine rings is 1. The van der Waals surface area contributed by atoms with Crippen LogP contribution >= 0.6 is 11.6 Å². The number of pyridine rings is 1. The molecule has 24 heavy (non-hydrogen) atoms. The molecule has 0 spiro atoms. The zero-order chi connectivity index (χ0) is 17.7. The SMILES string of the molecule is CS(=O)(=O)N1CCC(C(=O)OCC(=O)Nc2cccnc2Cl)CC1. The van der Waals surface area contributed by atoms with Crippen molar-refractivity contribution < 1.29 is 22.7 Å². The Bertz CT molecular complexity index is 717. The van der Waals surface area contributed by atoms with Gasteiger partial charge in [-0.1, -0.05) is 11.6 Å². The molecule has 0 radical (unpaired) electrons. The summed E-state index contributed by atoms with van der Waals surface area (Å²) < 4.78 is 29.2. The first-order chi connectivity index (χ1) is 11.3. The van der Waals surface area contributed by atoms with Gasteiger partial charge in [-0.3, -0.25) is 9.59 Å². The first-order valence-corrected chi connectivity index (χ1v) is 9.52. The number of carbonyl (C=O) groups excluding carboxylic acids is 2. The van der Waals surface area contributed by atoms with Gasteiger partial charge in [-0.15, -0.1) is 0 Å². The Morgan fingerprint density at radius 3 is 2.67 bits per heavy atom. The summed E-state index contributed by atoms with van der Waals surface area (Å²) in [6, 6.07) is 3.19. The Morgan fingerprint density at radius 2 is 2.08 bits per heavy atom. The van der Waals surface area contributed by atoms with Crippen molar-refractivity contribution in [2.75, 3.05) is 31.3 Å². The van der Waals surface area contributed by atoms with Gasteiger partial charge < -0.3 is 10.1 Å². The Hall–Kier alpha value is -1.71. The molecule has 1 fully saturated rings. The number of nitrogens with one attached hydrogen (secondary N) is 1. The van der Waals surface area contributed by atoms with Gasteiger partial charge in [0, 0.05) is 19.3 Å². The average molecular weight is 376 g/mol. The van der Waals surface area contributed by atoms with Crippen LogP contribution in [0, 0.1) is 5.92 Å². The molecule has 1 aliphatic rings. The van der Waals surface area contributed by atoms with Crippen molar-refractivity contribution in [3.05, 3.63) is 23.5 Å². The molecule has 0 atom stereocenters. The second-order valence-corrected chi connectivity index (χ2v) is 7.77. The Balaban J connectivity index is 1.77. The second-order valence-electron chi connectivity index (χ2n) is 5.43. The van der Waals surface area contributed by atoms with Crippen LogP contribution < -0.4 is 5.32 Å². The van der Waals surface area contributed by atoms with Crippen molar-refractivity contribution in [3.63, 3.8) is 0 Å². The fourth-order valence-corrected chi connectivity index (χ4v) is 3.38. The first kappa shape index (κ1) is 18.6. The number of aromatic nitrogens is 1. The zero-order valence-corrected chi connectivity index (χ0v) is 14.6. The standard InChI is InChI=1S/C14H18ClN3O5S/c1-24(21,22)18-7-4-10(5-8-18)14(20)23-9-12(19)17-11-3-2-6-16-13(11)15/h2-3,6,10H,4-5,7-9H2,1H3,(H,17,19). The van der Waals surface area contributed by atoms with E-state index in [1.807, 2.05) is 0 Å². The number of carbonyl (C=O) groups is 2. The Labute approximate surface area is 145 Å². The molecule has 1 amide bonds. The lowest BCUT2D eigenvalue weighted by molar-refractivity contribution is -0.152. The quantitative estimate of drug-likeness (QED) is 0.605. The molecule has 0 aromatic carbocycles. The van der Waals surface area contributed by atoms with E-state index in [2.05, 4.69) is 10.3 Å². The third kappa shape index (κ3) is 5.15. The van der Waals surface area contributed by atoms with Crippen LogP contribution in [0.25, 0.3) is 0 Å². The lowest BCUT2D eigenvalue weighted by atomic mass is 9.98. The highest BCUT2D eigenvalue weighted by molar-refractivity contribution is 7.88. The van der Waals surface area contributed by atoms with Gasteiger partial charge in [0.15, 0.2) is 11.8 Å². The minimum absolute atomic E-state index is 0.144. The normalized spacial score (nSPS) is 16.6. The smallest absolute Gasteiger partial charge is 0.309 e. The molecule has 1 aromatic rings. The number of hydrogen-bond acceptors (Lipinski definition) is 6. The number of sulfonamides is 1. The number of rotatable bonds is 5. The van der Waals surface area contributed by atoms with Crippen LogP contribution in [0.3, 0.4) is 0 Å². The summed E-state index contributed by atoms with van der Waals surface area (Å²) >= 11 is 5.82. The van der Waals surface area contributed by atoms with Gasteiger partial charge in [-0.2, -0.15) is 0 Å². The predicted octanol–water partition coefficient (Wildman–Crippen LogP) is 0.888. The highest BCUT2D eigenvalue weighted by Gasteiger charge is 2.30. The third-order valence-electron chi connectivity index (χ3n) is 3.63. The van der Waals surface area contributed by atoms with Crippen molar-refractivity contribution in [1.82, 2.24) is 9.29 Å². The largest absolute Gasteiger partial charge is 0.455 e. The van der Waals surface area contributed by atoms with E-state index in [4.69, 9.17) is 16.3 Å². The summed E-state index contributed by atoms with van der Waals surface area (Å²) in [5.74, 6) is -1.43. The van der Waals surface area contributed by atoms with E-state index in [0.29, 0.717) is 18.5 Å². The van der Waals surface area contributed by atoms with Crippen molar-refractivity contribution in [2.24, 2.45) is 5.92 Å². The molecular formula is C14H18ClN3O5S. The number of ether oxygens (including phenoxy) is 1.